The Kier molecular flexibility index (Phi) is 9.50. The van der Waals surface area contributed by atoms with Gasteiger partial charge in [-0.2, -0.15) is 8.42 Å². The third kappa shape index (κ3) is 7.32. The van der Waals surface area contributed by atoms with Crippen LogP contribution in [0.2, 0.25) is 5.15 Å². The number of pyridine rings is 1. The molecule has 202 valence electrons. The van der Waals surface area contributed by atoms with Crippen LogP contribution in [0.15, 0.2) is 53.7 Å². The normalized spacial score (nSPS) is 17.3. The van der Waals surface area contributed by atoms with Crippen LogP contribution >= 0.6 is 11.6 Å². The number of amides is 2. The van der Waals surface area contributed by atoms with Gasteiger partial charge in [-0.25, -0.2) is 15.0 Å². The Balaban J connectivity index is 0.000000304. The van der Waals surface area contributed by atoms with Crippen LogP contribution in [0.1, 0.15) is 41.5 Å². The molecule has 3 heterocycles. The van der Waals surface area contributed by atoms with E-state index in [9.17, 15) is 18.0 Å². The lowest BCUT2D eigenvalue weighted by Crippen LogP contribution is -2.53. The summed E-state index contributed by atoms with van der Waals surface area (Å²) in [5.74, 6) is -0.304. The number of rotatable bonds is 4. The topological polar surface area (TPSA) is 154 Å². The van der Waals surface area contributed by atoms with E-state index in [0.29, 0.717) is 23.1 Å². The number of carbonyl (C=O) groups excluding carboxylic acids is 2. The molecule has 38 heavy (non-hydrogen) atoms. The van der Waals surface area contributed by atoms with Gasteiger partial charge >= 0.3 is 0 Å². The van der Waals surface area contributed by atoms with E-state index in [4.69, 9.17) is 16.2 Å². The highest BCUT2D eigenvalue weighted by Crippen LogP contribution is 2.30. The van der Waals surface area contributed by atoms with Crippen molar-refractivity contribution in [2.75, 3.05) is 20.1 Å². The van der Waals surface area contributed by atoms with Crippen molar-refractivity contribution in [2.24, 2.45) is 0 Å². The SMILES string of the molecule is CNC(=O)c1cc(-c2cc([C@@H]3CNC[C@@H](C)N3C(C)=O)cc(Cl)n2)ncn1.Cc1ccc(S(=O)(=O)O)cc1. The van der Waals surface area contributed by atoms with Crippen LogP contribution in [0.3, 0.4) is 0 Å². The Labute approximate surface area is 226 Å². The molecule has 1 aliphatic rings. The molecular weight excluding hydrogens is 532 g/mol. The number of nitrogens with zero attached hydrogens (tertiary/aromatic N) is 4. The molecule has 1 aliphatic heterocycles. The first-order valence-corrected chi connectivity index (χ1v) is 13.5. The van der Waals surface area contributed by atoms with Gasteiger partial charge in [0, 0.05) is 33.1 Å². The predicted octanol–water partition coefficient (Wildman–Crippen LogP) is 2.67. The molecule has 11 nitrogen and oxygen atoms in total. The van der Waals surface area contributed by atoms with Gasteiger partial charge in [0.1, 0.15) is 17.2 Å². The maximum absolute atomic E-state index is 12.2. The molecule has 2 atom stereocenters. The van der Waals surface area contributed by atoms with Gasteiger partial charge < -0.3 is 15.5 Å². The summed E-state index contributed by atoms with van der Waals surface area (Å²) in [6.07, 6.45) is 1.31. The van der Waals surface area contributed by atoms with Gasteiger partial charge in [-0.3, -0.25) is 14.1 Å². The molecule has 0 saturated carbocycles. The van der Waals surface area contributed by atoms with Crippen molar-refractivity contribution in [3.05, 3.63) is 70.8 Å². The zero-order valence-electron chi connectivity index (χ0n) is 21.3. The highest BCUT2D eigenvalue weighted by Gasteiger charge is 2.31. The third-order valence-electron chi connectivity index (χ3n) is 5.86. The van der Waals surface area contributed by atoms with Crippen molar-refractivity contribution in [3.63, 3.8) is 0 Å². The Morgan fingerprint density at radius 1 is 1.11 bits per heavy atom. The van der Waals surface area contributed by atoms with Crippen LogP contribution in [0.4, 0.5) is 0 Å². The van der Waals surface area contributed by atoms with Crippen molar-refractivity contribution >= 4 is 33.5 Å². The fraction of sp³-hybridized carbons (Fsp3) is 0.320. The second-order valence-corrected chi connectivity index (χ2v) is 10.5. The first-order valence-electron chi connectivity index (χ1n) is 11.7. The summed E-state index contributed by atoms with van der Waals surface area (Å²) in [6, 6.07) is 11.1. The number of halogens is 1. The molecule has 2 aromatic heterocycles. The van der Waals surface area contributed by atoms with Crippen LogP contribution in [-0.4, -0.2) is 70.8 Å². The van der Waals surface area contributed by atoms with Crippen LogP contribution < -0.4 is 10.6 Å². The van der Waals surface area contributed by atoms with E-state index in [0.717, 1.165) is 17.7 Å². The number of hydrogen-bond donors (Lipinski definition) is 3. The number of carbonyl (C=O) groups is 2. The molecule has 3 N–H and O–H groups in total. The number of hydrogen-bond acceptors (Lipinski definition) is 8. The number of nitrogens with one attached hydrogen (secondary N) is 2. The number of benzene rings is 1. The number of aromatic nitrogens is 3. The molecule has 1 fully saturated rings. The molecule has 4 rings (SSSR count). The van der Waals surface area contributed by atoms with Crippen molar-refractivity contribution in [2.45, 2.75) is 37.8 Å². The molecule has 0 unspecified atom stereocenters. The van der Waals surface area contributed by atoms with Crippen molar-refractivity contribution in [3.8, 4) is 11.4 Å². The van der Waals surface area contributed by atoms with Crippen molar-refractivity contribution in [1.82, 2.24) is 30.5 Å². The highest BCUT2D eigenvalue weighted by molar-refractivity contribution is 7.85. The van der Waals surface area contributed by atoms with Gasteiger partial charge in [0.05, 0.1) is 22.3 Å². The van der Waals surface area contributed by atoms with E-state index in [1.165, 1.54) is 25.5 Å². The lowest BCUT2D eigenvalue weighted by atomic mass is 10.00. The zero-order valence-corrected chi connectivity index (χ0v) is 22.9. The third-order valence-corrected chi connectivity index (χ3v) is 6.92. The lowest BCUT2D eigenvalue weighted by Gasteiger charge is -2.41. The lowest BCUT2D eigenvalue weighted by molar-refractivity contribution is -0.134. The average molecular weight is 561 g/mol. The van der Waals surface area contributed by atoms with Gasteiger partial charge in [0.15, 0.2) is 0 Å². The smallest absolute Gasteiger partial charge is 0.294 e. The second kappa shape index (κ2) is 12.4. The van der Waals surface area contributed by atoms with Gasteiger partial charge in [0.25, 0.3) is 16.0 Å². The summed E-state index contributed by atoms with van der Waals surface area (Å²) < 4.78 is 29.6. The predicted molar refractivity (Wildman–Crippen MR) is 142 cm³/mol. The van der Waals surface area contributed by atoms with Gasteiger partial charge in [-0.15, -0.1) is 0 Å². The molecule has 0 aliphatic carbocycles. The van der Waals surface area contributed by atoms with Gasteiger partial charge in [-0.1, -0.05) is 29.3 Å². The summed E-state index contributed by atoms with van der Waals surface area (Å²) in [5.41, 5.74) is 3.06. The Morgan fingerprint density at radius 3 is 2.39 bits per heavy atom. The Morgan fingerprint density at radius 2 is 1.79 bits per heavy atom. The van der Waals surface area contributed by atoms with Crippen molar-refractivity contribution in [1.29, 1.82) is 0 Å². The Bertz CT molecular complexity index is 1420. The highest BCUT2D eigenvalue weighted by atomic mass is 35.5. The standard InChI is InChI=1S/C18H21ClN6O2.C7H8O3S/c1-10-7-21-8-16(25(10)11(2)26)12-4-14(24-17(19)5-12)13-6-15(18(27)20-3)23-9-22-13;1-6-2-4-7(5-3-6)11(8,9)10/h4-6,9-10,16,21H,7-8H2,1-3H3,(H,20,27);2-5H,1H3,(H,8,9,10)/t10-,16+;/m1./s1. The summed E-state index contributed by atoms with van der Waals surface area (Å²) in [7, 11) is -2.48. The molecule has 13 heteroatoms. The maximum atomic E-state index is 12.2. The van der Waals surface area contributed by atoms with Gasteiger partial charge in [-0.05, 0) is 49.7 Å². The maximum Gasteiger partial charge on any atom is 0.294 e. The van der Waals surface area contributed by atoms with Crippen LogP contribution in [-0.2, 0) is 14.9 Å². The minimum atomic E-state index is -4.02. The van der Waals surface area contributed by atoms with E-state index in [-0.39, 0.29) is 34.5 Å². The van der Waals surface area contributed by atoms with Crippen LogP contribution in [0.5, 0.6) is 0 Å². The average Bonchev–Trinajstić information content (AvgIpc) is 2.87. The van der Waals surface area contributed by atoms with Crippen molar-refractivity contribution < 1.29 is 22.6 Å². The number of aryl methyl sites for hydroxylation is 1. The molecule has 1 saturated heterocycles. The summed E-state index contributed by atoms with van der Waals surface area (Å²) in [5, 5.41) is 6.17. The van der Waals surface area contributed by atoms with E-state index in [1.54, 1.807) is 31.2 Å². The minimum absolute atomic E-state index is 0.00687. The molecule has 3 aromatic rings. The summed E-state index contributed by atoms with van der Waals surface area (Å²) >= 11 is 6.25. The fourth-order valence-electron chi connectivity index (χ4n) is 4.04. The summed E-state index contributed by atoms with van der Waals surface area (Å²) in [4.78, 5) is 38.3. The Hall–Kier alpha value is -3.45. The first-order chi connectivity index (χ1) is 17.9. The molecule has 0 bridgehead atoms. The molecule has 1 aromatic carbocycles. The van der Waals surface area contributed by atoms with Crippen LogP contribution in [0, 0.1) is 6.92 Å². The van der Waals surface area contributed by atoms with E-state index in [1.807, 2.05) is 24.8 Å². The van der Waals surface area contributed by atoms with E-state index < -0.39 is 10.1 Å². The molecule has 2 amide bonds. The minimum Gasteiger partial charge on any atom is -0.354 e. The fourth-order valence-corrected chi connectivity index (χ4v) is 4.74. The van der Waals surface area contributed by atoms with Gasteiger partial charge in [0.2, 0.25) is 5.91 Å². The van der Waals surface area contributed by atoms with Crippen LogP contribution in [0.25, 0.3) is 11.4 Å². The first kappa shape index (κ1) is 29.1. The molecular formula is C25H29ClN6O5S. The summed E-state index contributed by atoms with van der Waals surface area (Å²) in [6.45, 7) is 6.77. The second-order valence-electron chi connectivity index (χ2n) is 8.71. The number of piperazine rings is 1. The largest absolute Gasteiger partial charge is 0.354 e. The van der Waals surface area contributed by atoms with E-state index >= 15 is 0 Å². The zero-order chi connectivity index (χ0) is 28.0. The van der Waals surface area contributed by atoms with E-state index in [2.05, 4.69) is 25.6 Å². The monoisotopic (exact) mass is 560 g/mol. The molecule has 0 radical (unpaired) electrons. The quantitative estimate of drug-likeness (QED) is 0.322. The molecule has 0 spiro atoms.